The van der Waals surface area contributed by atoms with Crippen LogP contribution in [0.3, 0.4) is 0 Å². The molecule has 0 unspecified atom stereocenters. The van der Waals surface area contributed by atoms with Gasteiger partial charge in [-0.15, -0.1) is 0 Å². The Labute approximate surface area is 174 Å². The molecule has 1 saturated heterocycles. The predicted octanol–water partition coefficient (Wildman–Crippen LogP) is 2.21. The molecule has 1 heterocycles. The molecule has 2 aromatic carbocycles. The number of amides is 1. The van der Waals surface area contributed by atoms with E-state index in [2.05, 4.69) is 0 Å². The number of sulfone groups is 1. The van der Waals surface area contributed by atoms with Crippen LogP contribution in [0.5, 0.6) is 5.75 Å². The summed E-state index contributed by atoms with van der Waals surface area (Å²) in [6.07, 6.45) is -0.796. The molecule has 0 aliphatic carbocycles. The van der Waals surface area contributed by atoms with Crippen molar-refractivity contribution in [1.29, 1.82) is 0 Å². The average molecular weight is 435 g/mol. The molecule has 1 amide bonds. The van der Waals surface area contributed by atoms with Gasteiger partial charge >= 0.3 is 5.97 Å². The fourth-order valence-electron chi connectivity index (χ4n) is 3.35. The molecule has 1 aliphatic heterocycles. The summed E-state index contributed by atoms with van der Waals surface area (Å²) >= 11 is 0. The second kappa shape index (κ2) is 9.25. The summed E-state index contributed by atoms with van der Waals surface area (Å²) in [7, 11) is -2.44. The number of carbonyl (C=O) groups is 2. The van der Waals surface area contributed by atoms with Crippen LogP contribution >= 0.6 is 0 Å². The van der Waals surface area contributed by atoms with Gasteiger partial charge in [0, 0.05) is 12.8 Å². The highest BCUT2D eigenvalue weighted by molar-refractivity contribution is 7.91. The van der Waals surface area contributed by atoms with Crippen LogP contribution < -0.4 is 4.74 Å². The Hall–Kier alpha value is -2.94. The van der Waals surface area contributed by atoms with Gasteiger partial charge in [0.1, 0.15) is 12.1 Å². The van der Waals surface area contributed by atoms with Gasteiger partial charge in [-0.05, 0) is 24.3 Å². The normalized spacial score (nSPS) is 18.8. The molecule has 0 bridgehead atoms. The molecule has 1 fully saturated rings. The second-order valence-electron chi connectivity index (χ2n) is 6.87. The Bertz CT molecular complexity index is 1010. The maximum atomic E-state index is 13.9. The molecular weight excluding hydrogens is 413 g/mol. The van der Waals surface area contributed by atoms with Crippen LogP contribution in [0.1, 0.15) is 12.8 Å². The molecular formula is C21H22FNO6S. The molecule has 30 heavy (non-hydrogen) atoms. The molecule has 9 heteroatoms. The number of nitrogens with zero attached hydrogens (tertiary/aromatic N) is 1. The number of para-hydroxylation sites is 1. The maximum absolute atomic E-state index is 13.9. The van der Waals surface area contributed by atoms with Crippen LogP contribution in [0.25, 0.3) is 0 Å². The number of rotatable bonds is 7. The third-order valence-corrected chi connectivity index (χ3v) is 6.61. The van der Waals surface area contributed by atoms with Crippen LogP contribution in [0.2, 0.25) is 0 Å². The third-order valence-electron chi connectivity index (χ3n) is 4.87. The first-order valence-electron chi connectivity index (χ1n) is 9.38. The summed E-state index contributed by atoms with van der Waals surface area (Å²) in [5.41, 5.74) is 0. The van der Waals surface area contributed by atoms with Gasteiger partial charge in [-0.2, -0.15) is 0 Å². The number of halogens is 1. The van der Waals surface area contributed by atoms with Crippen LogP contribution in [0.4, 0.5) is 4.39 Å². The van der Waals surface area contributed by atoms with Gasteiger partial charge in [-0.25, -0.2) is 17.6 Å². The Balaban J connectivity index is 1.69. The molecule has 2 aromatic rings. The van der Waals surface area contributed by atoms with Crippen molar-refractivity contribution in [1.82, 2.24) is 4.90 Å². The molecule has 0 aromatic heterocycles. The van der Waals surface area contributed by atoms with Gasteiger partial charge in [0.25, 0.3) is 0 Å². The highest BCUT2D eigenvalue weighted by atomic mass is 32.2. The summed E-state index contributed by atoms with van der Waals surface area (Å²) in [6.45, 7) is 0.0261. The zero-order valence-corrected chi connectivity index (χ0v) is 17.2. The first-order chi connectivity index (χ1) is 14.3. The van der Waals surface area contributed by atoms with E-state index in [1.165, 1.54) is 42.3 Å². The minimum absolute atomic E-state index is 0.0204. The van der Waals surface area contributed by atoms with Crippen molar-refractivity contribution in [2.45, 2.75) is 29.9 Å². The molecule has 2 atom stereocenters. The first-order valence-corrected chi connectivity index (χ1v) is 11.0. The van der Waals surface area contributed by atoms with E-state index in [1.807, 2.05) is 0 Å². The van der Waals surface area contributed by atoms with E-state index in [4.69, 9.17) is 9.47 Å². The molecule has 7 nitrogen and oxygen atoms in total. The molecule has 0 spiro atoms. The topological polar surface area (TPSA) is 90.0 Å². The van der Waals surface area contributed by atoms with Crippen LogP contribution in [0, 0.1) is 5.82 Å². The highest BCUT2D eigenvalue weighted by Gasteiger charge is 2.41. The van der Waals surface area contributed by atoms with Crippen molar-refractivity contribution in [2.75, 3.05) is 19.4 Å². The fourth-order valence-corrected chi connectivity index (χ4v) is 4.60. The molecule has 1 aliphatic rings. The van der Waals surface area contributed by atoms with Crippen molar-refractivity contribution < 1.29 is 31.9 Å². The molecule has 160 valence electrons. The van der Waals surface area contributed by atoms with Gasteiger partial charge < -0.3 is 14.4 Å². The number of esters is 1. The molecule has 0 saturated carbocycles. The minimum atomic E-state index is -3.64. The van der Waals surface area contributed by atoms with Crippen molar-refractivity contribution >= 4 is 21.7 Å². The second-order valence-corrected chi connectivity index (χ2v) is 8.98. The van der Waals surface area contributed by atoms with E-state index in [0.29, 0.717) is 0 Å². The van der Waals surface area contributed by atoms with Crippen molar-refractivity contribution in [3.05, 3.63) is 60.4 Å². The lowest BCUT2D eigenvalue weighted by Gasteiger charge is -2.22. The summed E-state index contributed by atoms with van der Waals surface area (Å²) < 4.78 is 49.1. The fraction of sp³-hybridized carbons (Fsp3) is 0.333. The Morgan fingerprint density at radius 2 is 1.77 bits per heavy atom. The summed E-state index contributed by atoms with van der Waals surface area (Å²) in [5.74, 6) is -2.06. The maximum Gasteiger partial charge on any atom is 0.328 e. The number of hydrogen-bond acceptors (Lipinski definition) is 6. The van der Waals surface area contributed by atoms with E-state index >= 15 is 0 Å². The van der Waals surface area contributed by atoms with Crippen LogP contribution in [-0.2, 0) is 24.2 Å². The zero-order valence-electron chi connectivity index (χ0n) is 16.4. The van der Waals surface area contributed by atoms with E-state index in [0.717, 1.165) is 0 Å². The number of hydrogen-bond donors (Lipinski definition) is 0. The quantitative estimate of drug-likeness (QED) is 0.620. The smallest absolute Gasteiger partial charge is 0.328 e. The van der Waals surface area contributed by atoms with E-state index < -0.39 is 39.7 Å². The van der Waals surface area contributed by atoms with E-state index in [-0.39, 0.29) is 35.8 Å². The summed E-state index contributed by atoms with van der Waals surface area (Å²) in [4.78, 5) is 26.3. The summed E-state index contributed by atoms with van der Waals surface area (Å²) in [6, 6.07) is 12.8. The van der Waals surface area contributed by atoms with Gasteiger partial charge in [0.2, 0.25) is 5.91 Å². The van der Waals surface area contributed by atoms with Gasteiger partial charge in [0.05, 0.1) is 24.3 Å². The van der Waals surface area contributed by atoms with Crippen LogP contribution in [-0.4, -0.2) is 56.7 Å². The van der Waals surface area contributed by atoms with Gasteiger partial charge in [-0.3, -0.25) is 4.79 Å². The number of methoxy groups -OCH3 is 1. The van der Waals surface area contributed by atoms with Crippen molar-refractivity contribution in [3.8, 4) is 5.75 Å². The van der Waals surface area contributed by atoms with Gasteiger partial charge in [0.15, 0.2) is 21.4 Å². The van der Waals surface area contributed by atoms with E-state index in [9.17, 15) is 22.4 Å². The Morgan fingerprint density at radius 3 is 2.43 bits per heavy atom. The molecule has 3 rings (SSSR count). The van der Waals surface area contributed by atoms with Gasteiger partial charge in [-0.1, -0.05) is 30.3 Å². The SMILES string of the molecule is COC(=O)[C@H]1C[C@H](Oc2ccccc2F)CN1C(=O)CCS(=O)(=O)c1ccccc1. The zero-order chi connectivity index (χ0) is 21.7. The Kier molecular flexibility index (Phi) is 6.71. The third kappa shape index (κ3) is 4.96. The van der Waals surface area contributed by atoms with Crippen molar-refractivity contribution in [3.63, 3.8) is 0 Å². The standard InChI is InChI=1S/C21H22FNO6S/c1-28-21(25)18-13-15(29-19-10-6-5-9-17(19)22)14-23(18)20(24)11-12-30(26,27)16-7-3-2-4-8-16/h2-10,15,18H,11-14H2,1H3/t15-,18+/m0/s1. The van der Waals surface area contributed by atoms with Crippen LogP contribution in [0.15, 0.2) is 59.5 Å². The lowest BCUT2D eigenvalue weighted by atomic mass is 10.2. The minimum Gasteiger partial charge on any atom is -0.485 e. The number of benzene rings is 2. The lowest BCUT2D eigenvalue weighted by Crippen LogP contribution is -2.41. The van der Waals surface area contributed by atoms with E-state index in [1.54, 1.807) is 24.3 Å². The number of carbonyl (C=O) groups excluding carboxylic acids is 2. The molecule has 0 radical (unpaired) electrons. The average Bonchev–Trinajstić information content (AvgIpc) is 3.18. The molecule has 0 N–H and O–H groups in total. The highest BCUT2D eigenvalue weighted by Crippen LogP contribution is 2.26. The largest absolute Gasteiger partial charge is 0.485 e. The summed E-state index contributed by atoms with van der Waals surface area (Å²) in [5, 5.41) is 0. The monoisotopic (exact) mass is 435 g/mol. The number of likely N-dealkylation sites (tertiary alicyclic amines) is 1. The lowest BCUT2D eigenvalue weighted by molar-refractivity contribution is -0.150. The Morgan fingerprint density at radius 1 is 1.10 bits per heavy atom. The first kappa shape index (κ1) is 21.8. The van der Waals surface area contributed by atoms with Crippen molar-refractivity contribution in [2.24, 2.45) is 0 Å². The number of ether oxygens (including phenoxy) is 2. The predicted molar refractivity (Wildman–Crippen MR) is 106 cm³/mol.